The van der Waals surface area contributed by atoms with Crippen molar-refractivity contribution in [1.29, 1.82) is 0 Å². The molecule has 0 saturated carbocycles. The molecule has 0 aliphatic heterocycles. The molecule has 0 radical (unpaired) electrons. The maximum Gasteiger partial charge on any atom is 0.500 e. The van der Waals surface area contributed by atoms with E-state index >= 15 is 0 Å². The van der Waals surface area contributed by atoms with Gasteiger partial charge in [0.05, 0.1) is 0 Å². The average Bonchev–Trinajstić information content (AvgIpc) is 2.64. The summed E-state index contributed by atoms with van der Waals surface area (Å²) in [6.45, 7) is 11.7. The Morgan fingerprint density at radius 2 is 1.03 bits per heavy atom. The third kappa shape index (κ3) is 10.9. The normalized spacial score (nSPS) is 15.0. The fourth-order valence-electron chi connectivity index (χ4n) is 4.74. The van der Waals surface area contributed by atoms with E-state index in [4.69, 9.17) is 26.6 Å². The number of rotatable bonds is 16. The monoisotopic (exact) mass is 452 g/mol. The Bertz CT molecular complexity index is 415. The largest absolute Gasteiger partial charge is 0.500 e. The average molecular weight is 453 g/mol. The summed E-state index contributed by atoms with van der Waals surface area (Å²) < 4.78 is 33.7. The van der Waals surface area contributed by atoms with Gasteiger partial charge in [-0.1, -0.05) is 41.0 Å². The van der Waals surface area contributed by atoms with E-state index in [1.165, 1.54) is 6.42 Å². The number of hydrogen-bond acceptors (Lipinski definition) is 6. The smallest absolute Gasteiger partial charge is 0.377 e. The predicted octanol–water partition coefficient (Wildman–Crippen LogP) is 5.38. The molecule has 0 aromatic carbocycles. The van der Waals surface area contributed by atoms with Gasteiger partial charge in [0.25, 0.3) is 0 Å². The molecule has 0 bridgehead atoms. The molecule has 8 heteroatoms. The van der Waals surface area contributed by atoms with Crippen molar-refractivity contribution in [1.82, 2.24) is 0 Å². The van der Waals surface area contributed by atoms with Crippen LogP contribution in [0.15, 0.2) is 0 Å². The minimum Gasteiger partial charge on any atom is -0.377 e. The van der Waals surface area contributed by atoms with Crippen molar-refractivity contribution in [2.45, 2.75) is 78.8 Å². The second kappa shape index (κ2) is 12.9. The van der Waals surface area contributed by atoms with Crippen LogP contribution in [0.2, 0.25) is 12.1 Å². The molecule has 0 N–H and O–H groups in total. The van der Waals surface area contributed by atoms with E-state index in [9.17, 15) is 0 Å². The highest BCUT2D eigenvalue weighted by Gasteiger charge is 2.40. The fraction of sp³-hybridized carbons (Fsp3) is 1.00. The molecule has 0 amide bonds. The second-order valence-electron chi connectivity index (χ2n) is 9.99. The predicted molar refractivity (Wildman–Crippen MR) is 123 cm³/mol. The molecule has 29 heavy (non-hydrogen) atoms. The van der Waals surface area contributed by atoms with Crippen LogP contribution in [0.3, 0.4) is 0 Å². The van der Waals surface area contributed by atoms with Gasteiger partial charge in [0, 0.05) is 54.7 Å². The Labute approximate surface area is 182 Å². The van der Waals surface area contributed by atoms with Crippen molar-refractivity contribution < 1.29 is 26.6 Å². The van der Waals surface area contributed by atoms with Crippen molar-refractivity contribution in [2.24, 2.45) is 16.7 Å². The van der Waals surface area contributed by atoms with E-state index in [-0.39, 0.29) is 5.41 Å². The van der Waals surface area contributed by atoms with Crippen molar-refractivity contribution in [3.8, 4) is 0 Å². The summed E-state index contributed by atoms with van der Waals surface area (Å²) in [6, 6.07) is 1.66. The van der Waals surface area contributed by atoms with Crippen LogP contribution in [0.5, 0.6) is 0 Å². The van der Waals surface area contributed by atoms with Crippen LogP contribution in [0, 0.1) is 16.7 Å². The zero-order valence-corrected chi connectivity index (χ0v) is 23.0. The molecule has 6 nitrogen and oxygen atoms in total. The highest BCUT2D eigenvalue weighted by molar-refractivity contribution is 6.60. The van der Waals surface area contributed by atoms with Crippen molar-refractivity contribution in [3.63, 3.8) is 0 Å². The Morgan fingerprint density at radius 1 is 0.621 bits per heavy atom. The summed E-state index contributed by atoms with van der Waals surface area (Å²) in [4.78, 5) is 0. The standard InChI is InChI=1S/C21H48O6Si2/c1-20(2,3)18-21(4,5)17-19(14-16-29(25-9,26-10)27-11)13-12-15-28(22-6,23-7)24-8/h19H,12-18H2,1-11H3. The van der Waals surface area contributed by atoms with Crippen LogP contribution in [0.1, 0.15) is 66.7 Å². The Morgan fingerprint density at radius 3 is 1.41 bits per heavy atom. The highest BCUT2D eigenvalue weighted by atomic mass is 28.4. The first-order chi connectivity index (χ1) is 13.4. The molecule has 0 aromatic rings. The summed E-state index contributed by atoms with van der Waals surface area (Å²) in [5, 5.41) is 0. The van der Waals surface area contributed by atoms with Gasteiger partial charge in [-0.2, -0.15) is 0 Å². The van der Waals surface area contributed by atoms with Gasteiger partial charge in [0.2, 0.25) is 0 Å². The first-order valence-corrected chi connectivity index (χ1v) is 14.5. The molecule has 0 rings (SSSR count). The lowest BCUT2D eigenvalue weighted by atomic mass is 9.71. The molecular weight excluding hydrogens is 404 g/mol. The molecule has 0 aliphatic carbocycles. The van der Waals surface area contributed by atoms with Gasteiger partial charge in [-0.3, -0.25) is 0 Å². The molecular formula is C21H48O6Si2. The molecule has 0 heterocycles. The maximum absolute atomic E-state index is 5.65. The molecule has 1 atom stereocenters. The highest BCUT2D eigenvalue weighted by Crippen LogP contribution is 2.41. The van der Waals surface area contributed by atoms with E-state index in [1.54, 1.807) is 42.7 Å². The molecule has 0 spiro atoms. The van der Waals surface area contributed by atoms with Crippen LogP contribution < -0.4 is 0 Å². The lowest BCUT2D eigenvalue weighted by Crippen LogP contribution is -2.43. The zero-order valence-electron chi connectivity index (χ0n) is 21.0. The summed E-state index contributed by atoms with van der Waals surface area (Å²) in [6.07, 6.45) is 5.48. The minimum absolute atomic E-state index is 0.263. The van der Waals surface area contributed by atoms with E-state index in [1.807, 2.05) is 0 Å². The Hall–Kier alpha value is 0.194. The summed E-state index contributed by atoms with van der Waals surface area (Å²) in [5.41, 5.74) is 0.570. The maximum atomic E-state index is 5.65. The Balaban J connectivity index is 5.18. The molecule has 176 valence electrons. The summed E-state index contributed by atoms with van der Waals surface area (Å²) >= 11 is 0. The van der Waals surface area contributed by atoms with Gasteiger partial charge in [0.15, 0.2) is 0 Å². The lowest BCUT2D eigenvalue weighted by Gasteiger charge is -2.36. The van der Waals surface area contributed by atoms with Crippen LogP contribution in [-0.4, -0.2) is 60.3 Å². The minimum atomic E-state index is -2.56. The van der Waals surface area contributed by atoms with E-state index in [0.717, 1.165) is 37.8 Å². The van der Waals surface area contributed by atoms with Gasteiger partial charge in [-0.15, -0.1) is 0 Å². The number of hydrogen-bond donors (Lipinski definition) is 0. The van der Waals surface area contributed by atoms with Crippen LogP contribution in [0.4, 0.5) is 0 Å². The van der Waals surface area contributed by atoms with Crippen molar-refractivity contribution in [2.75, 3.05) is 42.7 Å². The molecule has 0 saturated heterocycles. The molecule has 0 fully saturated rings. The van der Waals surface area contributed by atoms with Crippen LogP contribution in [-0.2, 0) is 26.6 Å². The molecule has 0 aromatic heterocycles. The molecule has 0 aliphatic rings. The van der Waals surface area contributed by atoms with Crippen LogP contribution in [0.25, 0.3) is 0 Å². The van der Waals surface area contributed by atoms with Crippen molar-refractivity contribution in [3.05, 3.63) is 0 Å². The van der Waals surface area contributed by atoms with Gasteiger partial charge < -0.3 is 26.6 Å². The summed E-state index contributed by atoms with van der Waals surface area (Å²) in [5.74, 6) is 0.553. The van der Waals surface area contributed by atoms with E-state index < -0.39 is 17.6 Å². The van der Waals surface area contributed by atoms with Gasteiger partial charge in [-0.25, -0.2) is 0 Å². The fourth-order valence-corrected chi connectivity index (χ4v) is 8.36. The van der Waals surface area contributed by atoms with Gasteiger partial charge in [0.1, 0.15) is 0 Å². The summed E-state index contributed by atoms with van der Waals surface area (Å²) in [7, 11) is 5.01. The van der Waals surface area contributed by atoms with Gasteiger partial charge >= 0.3 is 17.6 Å². The molecule has 1 unspecified atom stereocenters. The third-order valence-electron chi connectivity index (χ3n) is 5.67. The first-order valence-electron chi connectivity index (χ1n) is 10.7. The van der Waals surface area contributed by atoms with Crippen molar-refractivity contribution >= 4 is 17.6 Å². The van der Waals surface area contributed by atoms with Gasteiger partial charge in [-0.05, 0) is 42.4 Å². The third-order valence-corrected chi connectivity index (χ3v) is 11.3. The topological polar surface area (TPSA) is 55.4 Å². The Kier molecular flexibility index (Phi) is 13.0. The SMILES string of the molecule is CO[Si](CCCC(CC[Si](OC)(OC)OC)CC(C)(C)CC(C)(C)C)(OC)OC. The van der Waals surface area contributed by atoms with E-state index in [2.05, 4.69) is 34.6 Å². The second-order valence-corrected chi connectivity index (χ2v) is 16.2. The zero-order chi connectivity index (χ0) is 22.8. The lowest BCUT2D eigenvalue weighted by molar-refractivity contribution is 0.114. The quantitative estimate of drug-likeness (QED) is 0.293. The van der Waals surface area contributed by atoms with E-state index in [0.29, 0.717) is 11.3 Å². The van der Waals surface area contributed by atoms with Crippen LogP contribution >= 0.6 is 0 Å². The first kappa shape index (κ1) is 29.2.